The lowest BCUT2D eigenvalue weighted by atomic mass is 9.83. The zero-order valence-corrected chi connectivity index (χ0v) is 19.8. The van der Waals surface area contributed by atoms with Crippen LogP contribution in [0.25, 0.3) is 11.2 Å². The van der Waals surface area contributed by atoms with Gasteiger partial charge in [-0.15, -0.1) is 0 Å². The molecule has 5 rings (SSSR count). The van der Waals surface area contributed by atoms with Gasteiger partial charge in [0.05, 0.1) is 6.33 Å². The Labute approximate surface area is 194 Å². The first-order valence-electron chi connectivity index (χ1n) is 12.2. The van der Waals surface area contributed by atoms with Gasteiger partial charge in [-0.05, 0) is 75.6 Å². The van der Waals surface area contributed by atoms with Gasteiger partial charge in [0.15, 0.2) is 17.0 Å². The van der Waals surface area contributed by atoms with Crippen molar-refractivity contribution >= 4 is 34.5 Å². The molecule has 2 aromatic heterocycles. The van der Waals surface area contributed by atoms with Gasteiger partial charge < -0.3 is 19.3 Å². The standard InChI is InChI=1S/C23H34ClN7O/c1-28(14-17-8-7-13-29-10-6-3-9-18(17)29)19(32)15-31-16-25-20-21(26-23(24)27-22(20)31)30-11-4-2-5-12-30/h16-18H,2-15H2,1H3/t17-,18+/m0/s1. The van der Waals surface area contributed by atoms with Gasteiger partial charge in [0.2, 0.25) is 11.2 Å². The highest BCUT2D eigenvalue weighted by Gasteiger charge is 2.34. The minimum Gasteiger partial charge on any atom is -0.355 e. The maximum Gasteiger partial charge on any atom is 0.242 e. The van der Waals surface area contributed by atoms with Crippen LogP contribution in [-0.4, -0.2) is 81.0 Å². The molecule has 3 fully saturated rings. The van der Waals surface area contributed by atoms with Crippen molar-refractivity contribution in [2.75, 3.05) is 44.7 Å². The molecule has 3 saturated heterocycles. The Balaban J connectivity index is 1.29. The normalized spacial score (nSPS) is 24.5. The monoisotopic (exact) mass is 459 g/mol. The van der Waals surface area contributed by atoms with Crippen LogP contribution in [0.4, 0.5) is 5.82 Å². The van der Waals surface area contributed by atoms with Crippen molar-refractivity contribution in [3.05, 3.63) is 11.6 Å². The highest BCUT2D eigenvalue weighted by atomic mass is 35.5. The molecule has 0 N–H and O–H groups in total. The molecular weight excluding hydrogens is 426 g/mol. The highest BCUT2D eigenvalue weighted by Crippen LogP contribution is 2.31. The third-order valence-corrected chi connectivity index (χ3v) is 7.71. The maximum atomic E-state index is 13.1. The summed E-state index contributed by atoms with van der Waals surface area (Å²) >= 11 is 6.27. The second-order valence-electron chi connectivity index (χ2n) is 9.68. The third-order valence-electron chi connectivity index (χ3n) is 7.54. The number of imidazole rings is 1. The molecule has 174 valence electrons. The Bertz CT molecular complexity index is 955. The second kappa shape index (κ2) is 9.51. The van der Waals surface area contributed by atoms with Gasteiger partial charge in [-0.3, -0.25) is 4.79 Å². The summed E-state index contributed by atoms with van der Waals surface area (Å²) in [6.07, 6.45) is 11.6. The zero-order valence-electron chi connectivity index (χ0n) is 19.0. The van der Waals surface area contributed by atoms with E-state index >= 15 is 0 Å². The van der Waals surface area contributed by atoms with Gasteiger partial charge >= 0.3 is 0 Å². The number of amides is 1. The number of hydrogen-bond donors (Lipinski definition) is 0. The van der Waals surface area contributed by atoms with Crippen LogP contribution in [0.2, 0.25) is 5.28 Å². The minimum absolute atomic E-state index is 0.0893. The van der Waals surface area contributed by atoms with Crippen LogP contribution in [0.3, 0.4) is 0 Å². The quantitative estimate of drug-likeness (QED) is 0.639. The summed E-state index contributed by atoms with van der Waals surface area (Å²) in [6.45, 7) is 5.40. The molecule has 0 aromatic carbocycles. The van der Waals surface area contributed by atoms with Gasteiger partial charge in [0.25, 0.3) is 0 Å². The number of fused-ring (bicyclic) bond motifs is 2. The van der Waals surface area contributed by atoms with Crippen molar-refractivity contribution in [2.45, 2.75) is 64.0 Å². The Morgan fingerprint density at radius 2 is 1.84 bits per heavy atom. The van der Waals surface area contributed by atoms with Crippen LogP contribution in [0.5, 0.6) is 0 Å². The molecule has 5 heterocycles. The van der Waals surface area contributed by atoms with E-state index in [1.807, 2.05) is 16.5 Å². The third kappa shape index (κ3) is 4.44. The smallest absolute Gasteiger partial charge is 0.242 e. The number of halogens is 1. The Morgan fingerprint density at radius 1 is 1.06 bits per heavy atom. The van der Waals surface area contributed by atoms with Crippen molar-refractivity contribution in [1.82, 2.24) is 29.3 Å². The van der Waals surface area contributed by atoms with Crippen molar-refractivity contribution in [3.63, 3.8) is 0 Å². The second-order valence-corrected chi connectivity index (χ2v) is 10.0. The molecule has 3 aliphatic heterocycles. The molecule has 0 radical (unpaired) electrons. The van der Waals surface area contributed by atoms with E-state index in [-0.39, 0.29) is 17.7 Å². The molecule has 0 bridgehead atoms. The average molecular weight is 460 g/mol. The number of likely N-dealkylation sites (N-methyl/N-ethyl adjacent to an activating group) is 1. The van der Waals surface area contributed by atoms with Crippen LogP contribution < -0.4 is 4.90 Å². The number of carbonyl (C=O) groups is 1. The van der Waals surface area contributed by atoms with Crippen molar-refractivity contribution in [1.29, 1.82) is 0 Å². The molecule has 32 heavy (non-hydrogen) atoms. The number of aromatic nitrogens is 4. The summed E-state index contributed by atoms with van der Waals surface area (Å²) < 4.78 is 1.82. The summed E-state index contributed by atoms with van der Waals surface area (Å²) in [7, 11) is 1.93. The molecule has 3 aliphatic rings. The molecule has 0 aliphatic carbocycles. The topological polar surface area (TPSA) is 70.4 Å². The molecule has 0 unspecified atom stereocenters. The molecule has 9 heteroatoms. The number of anilines is 1. The summed E-state index contributed by atoms with van der Waals surface area (Å²) in [6, 6.07) is 0.639. The van der Waals surface area contributed by atoms with Gasteiger partial charge in [-0.1, -0.05) is 6.42 Å². The molecule has 8 nitrogen and oxygen atoms in total. The lowest BCUT2D eigenvalue weighted by molar-refractivity contribution is -0.131. The number of nitrogens with zero attached hydrogens (tertiary/aromatic N) is 7. The Kier molecular flexibility index (Phi) is 6.51. The van der Waals surface area contributed by atoms with E-state index in [2.05, 4.69) is 24.8 Å². The van der Waals surface area contributed by atoms with Gasteiger partial charge in [-0.25, -0.2) is 4.98 Å². The number of hydrogen-bond acceptors (Lipinski definition) is 6. The first-order valence-corrected chi connectivity index (χ1v) is 12.6. The fraction of sp³-hybridized carbons (Fsp3) is 0.739. The van der Waals surface area contributed by atoms with Gasteiger partial charge in [0, 0.05) is 32.7 Å². The van der Waals surface area contributed by atoms with E-state index in [4.69, 9.17) is 11.6 Å². The maximum absolute atomic E-state index is 13.1. The molecule has 1 amide bonds. The fourth-order valence-electron chi connectivity index (χ4n) is 5.86. The summed E-state index contributed by atoms with van der Waals surface area (Å²) in [4.78, 5) is 33.4. The summed E-state index contributed by atoms with van der Waals surface area (Å²) in [5.41, 5.74) is 1.38. The van der Waals surface area contributed by atoms with E-state index in [1.54, 1.807) is 6.33 Å². The van der Waals surface area contributed by atoms with E-state index in [0.717, 1.165) is 43.8 Å². The van der Waals surface area contributed by atoms with E-state index in [9.17, 15) is 4.79 Å². The molecule has 0 spiro atoms. The lowest BCUT2D eigenvalue weighted by Gasteiger charge is -2.45. The van der Waals surface area contributed by atoms with Gasteiger partial charge in [0.1, 0.15) is 6.54 Å². The number of carbonyl (C=O) groups excluding carboxylic acids is 1. The molecular formula is C23H34ClN7O. The van der Waals surface area contributed by atoms with Crippen molar-refractivity contribution in [2.24, 2.45) is 5.92 Å². The minimum atomic E-state index is 0.0893. The predicted molar refractivity (Wildman–Crippen MR) is 126 cm³/mol. The van der Waals surface area contributed by atoms with E-state index < -0.39 is 0 Å². The van der Waals surface area contributed by atoms with E-state index in [0.29, 0.717) is 17.6 Å². The zero-order chi connectivity index (χ0) is 22.1. The van der Waals surface area contributed by atoms with Crippen LogP contribution >= 0.6 is 11.6 Å². The summed E-state index contributed by atoms with van der Waals surface area (Å²) in [5.74, 6) is 1.45. The van der Waals surface area contributed by atoms with Crippen LogP contribution in [0.1, 0.15) is 51.4 Å². The van der Waals surface area contributed by atoms with Crippen molar-refractivity contribution in [3.8, 4) is 0 Å². The molecule has 0 saturated carbocycles. The Hall–Kier alpha value is -1.93. The SMILES string of the molecule is CN(C[C@@H]1CCCN2CCCC[C@H]12)C(=O)Cn1cnc2c(N3CCCCC3)nc(Cl)nc21. The fourth-order valence-corrected chi connectivity index (χ4v) is 6.02. The molecule has 2 atom stereocenters. The number of rotatable bonds is 5. The highest BCUT2D eigenvalue weighted by molar-refractivity contribution is 6.28. The lowest BCUT2D eigenvalue weighted by Crippen LogP contribution is -2.51. The van der Waals surface area contributed by atoms with E-state index in [1.165, 1.54) is 51.6 Å². The first-order chi connectivity index (χ1) is 15.6. The largest absolute Gasteiger partial charge is 0.355 e. The average Bonchev–Trinajstić information content (AvgIpc) is 3.21. The van der Waals surface area contributed by atoms with Gasteiger partial charge in [-0.2, -0.15) is 9.97 Å². The van der Waals surface area contributed by atoms with Crippen LogP contribution in [-0.2, 0) is 11.3 Å². The predicted octanol–water partition coefficient (Wildman–Crippen LogP) is 3.19. The number of piperidine rings is 3. The summed E-state index contributed by atoms with van der Waals surface area (Å²) in [5, 5.41) is 0.209. The Morgan fingerprint density at radius 3 is 2.69 bits per heavy atom. The van der Waals surface area contributed by atoms with Crippen LogP contribution in [0.15, 0.2) is 6.33 Å². The van der Waals surface area contributed by atoms with Crippen LogP contribution in [0, 0.1) is 5.92 Å². The van der Waals surface area contributed by atoms with Crippen molar-refractivity contribution < 1.29 is 4.79 Å². The molecule has 2 aromatic rings. The first kappa shape index (κ1) is 21.9.